The Morgan fingerprint density at radius 2 is 2.05 bits per heavy atom. The lowest BCUT2D eigenvalue weighted by Crippen LogP contribution is -2.65. The second-order valence-corrected chi connectivity index (χ2v) is 6.21. The number of nitrogens with zero attached hydrogens (tertiary/aromatic N) is 1. The number of carbonyl (C=O) groups excluding carboxylic acids is 2. The lowest BCUT2D eigenvalue weighted by atomic mass is 9.96. The Hall–Kier alpha value is -1.10. The summed E-state index contributed by atoms with van der Waals surface area (Å²) in [6.45, 7) is 7.69. The van der Waals surface area contributed by atoms with Gasteiger partial charge in [-0.25, -0.2) is 0 Å². The highest BCUT2D eigenvalue weighted by Gasteiger charge is 2.40. The van der Waals surface area contributed by atoms with Crippen molar-refractivity contribution in [1.29, 1.82) is 0 Å². The van der Waals surface area contributed by atoms with Gasteiger partial charge in [0.05, 0.1) is 6.61 Å². The van der Waals surface area contributed by atoms with Gasteiger partial charge in [-0.3, -0.25) is 9.59 Å². The second-order valence-electron chi connectivity index (χ2n) is 6.21. The van der Waals surface area contributed by atoms with Gasteiger partial charge in [0.15, 0.2) is 0 Å². The van der Waals surface area contributed by atoms with Crippen molar-refractivity contribution >= 4 is 11.8 Å². The monoisotopic (exact) mass is 282 g/mol. The van der Waals surface area contributed by atoms with E-state index in [9.17, 15) is 9.59 Å². The van der Waals surface area contributed by atoms with Crippen LogP contribution in [0.25, 0.3) is 0 Å². The Bertz CT molecular complexity index is 366. The number of amides is 2. The molecule has 1 aliphatic heterocycles. The van der Waals surface area contributed by atoms with E-state index < -0.39 is 0 Å². The van der Waals surface area contributed by atoms with Gasteiger partial charge < -0.3 is 15.0 Å². The van der Waals surface area contributed by atoms with Crippen molar-refractivity contribution in [3.63, 3.8) is 0 Å². The fourth-order valence-electron chi connectivity index (χ4n) is 2.68. The van der Waals surface area contributed by atoms with Crippen LogP contribution in [0.15, 0.2) is 0 Å². The first-order valence-corrected chi connectivity index (χ1v) is 7.73. The van der Waals surface area contributed by atoms with Gasteiger partial charge in [0.25, 0.3) is 0 Å². The van der Waals surface area contributed by atoms with E-state index in [0.29, 0.717) is 19.6 Å². The minimum atomic E-state index is -0.374. The van der Waals surface area contributed by atoms with E-state index in [1.165, 1.54) is 12.8 Å². The molecule has 114 valence electrons. The summed E-state index contributed by atoms with van der Waals surface area (Å²) in [6, 6.07) is -0.740. The number of hydrogen-bond donors (Lipinski definition) is 1. The first-order valence-electron chi connectivity index (χ1n) is 7.73. The quantitative estimate of drug-likeness (QED) is 0.713. The predicted molar refractivity (Wildman–Crippen MR) is 76.1 cm³/mol. The summed E-state index contributed by atoms with van der Waals surface area (Å²) < 4.78 is 5.62. The third-order valence-corrected chi connectivity index (χ3v) is 4.07. The van der Waals surface area contributed by atoms with Crippen LogP contribution in [-0.2, 0) is 14.3 Å². The SMILES string of the molecule is CCC1NC(=O)C(C(C)C)N(CCOCC2CC2)C1=O. The highest BCUT2D eigenvalue weighted by atomic mass is 16.5. The molecule has 0 aromatic heterocycles. The molecule has 0 aromatic rings. The minimum absolute atomic E-state index is 0.0285. The van der Waals surface area contributed by atoms with E-state index in [2.05, 4.69) is 5.32 Å². The van der Waals surface area contributed by atoms with E-state index in [1.54, 1.807) is 4.90 Å². The number of rotatable bonds is 7. The molecule has 2 unspecified atom stereocenters. The minimum Gasteiger partial charge on any atom is -0.379 e. The molecule has 20 heavy (non-hydrogen) atoms. The largest absolute Gasteiger partial charge is 0.379 e. The highest BCUT2D eigenvalue weighted by molar-refractivity contribution is 5.97. The number of ether oxygens (including phenoxy) is 1. The molecular weight excluding hydrogens is 256 g/mol. The molecule has 0 spiro atoms. The van der Waals surface area contributed by atoms with E-state index >= 15 is 0 Å². The van der Waals surface area contributed by atoms with Crippen LogP contribution in [0, 0.1) is 11.8 Å². The summed E-state index contributed by atoms with van der Waals surface area (Å²) in [4.78, 5) is 26.3. The van der Waals surface area contributed by atoms with Crippen molar-refractivity contribution in [1.82, 2.24) is 10.2 Å². The summed E-state index contributed by atoms with van der Waals surface area (Å²) >= 11 is 0. The highest BCUT2D eigenvalue weighted by Crippen LogP contribution is 2.28. The molecule has 0 radical (unpaired) electrons. The maximum Gasteiger partial charge on any atom is 0.245 e. The van der Waals surface area contributed by atoms with Crippen molar-refractivity contribution in [2.45, 2.75) is 52.1 Å². The Morgan fingerprint density at radius 3 is 2.60 bits per heavy atom. The van der Waals surface area contributed by atoms with Crippen LogP contribution in [0.2, 0.25) is 0 Å². The lowest BCUT2D eigenvalue weighted by molar-refractivity contribution is -0.152. The number of piperazine rings is 1. The smallest absolute Gasteiger partial charge is 0.245 e. The van der Waals surface area contributed by atoms with Gasteiger partial charge in [-0.2, -0.15) is 0 Å². The van der Waals surface area contributed by atoms with Gasteiger partial charge in [-0.15, -0.1) is 0 Å². The molecule has 5 heteroatoms. The van der Waals surface area contributed by atoms with E-state index in [0.717, 1.165) is 12.5 Å². The standard InChI is InChI=1S/C15H26N2O3/c1-4-12-15(19)17(7-8-20-9-11-5-6-11)13(10(2)3)14(18)16-12/h10-13H,4-9H2,1-3H3,(H,16,18). The van der Waals surface area contributed by atoms with E-state index in [4.69, 9.17) is 4.74 Å². The summed E-state index contributed by atoms with van der Waals surface area (Å²) in [5, 5.41) is 2.82. The maximum absolute atomic E-state index is 12.4. The number of carbonyl (C=O) groups is 2. The normalized spacial score (nSPS) is 27.1. The van der Waals surface area contributed by atoms with E-state index in [1.807, 2.05) is 20.8 Å². The van der Waals surface area contributed by atoms with Gasteiger partial charge in [0.2, 0.25) is 11.8 Å². The van der Waals surface area contributed by atoms with Gasteiger partial charge >= 0.3 is 0 Å². The van der Waals surface area contributed by atoms with Gasteiger partial charge in [0.1, 0.15) is 12.1 Å². The summed E-state index contributed by atoms with van der Waals surface area (Å²) in [5.41, 5.74) is 0. The van der Waals surface area contributed by atoms with Crippen LogP contribution in [0.3, 0.4) is 0 Å². The van der Waals surface area contributed by atoms with Gasteiger partial charge in [-0.05, 0) is 31.1 Å². The molecule has 0 aromatic carbocycles. The molecule has 1 heterocycles. The fraction of sp³-hybridized carbons (Fsp3) is 0.867. The number of hydrogen-bond acceptors (Lipinski definition) is 3. The zero-order valence-electron chi connectivity index (χ0n) is 12.7. The molecule has 2 atom stereocenters. The predicted octanol–water partition coefficient (Wildman–Crippen LogP) is 1.17. The average molecular weight is 282 g/mol. The van der Waals surface area contributed by atoms with Crippen molar-refractivity contribution in [3.05, 3.63) is 0 Å². The molecule has 5 nitrogen and oxygen atoms in total. The zero-order valence-corrected chi connectivity index (χ0v) is 12.7. The van der Waals surface area contributed by atoms with Crippen LogP contribution in [0.5, 0.6) is 0 Å². The summed E-state index contributed by atoms with van der Waals surface area (Å²) in [7, 11) is 0. The van der Waals surface area contributed by atoms with Crippen molar-refractivity contribution in [2.24, 2.45) is 11.8 Å². The van der Waals surface area contributed by atoms with Gasteiger partial charge in [0, 0.05) is 13.2 Å². The van der Waals surface area contributed by atoms with Crippen molar-refractivity contribution < 1.29 is 14.3 Å². The Kier molecular flexibility index (Phi) is 5.02. The van der Waals surface area contributed by atoms with Gasteiger partial charge in [-0.1, -0.05) is 20.8 Å². The molecule has 1 aliphatic carbocycles. The molecule has 1 saturated heterocycles. The molecule has 0 bridgehead atoms. The Labute approximate surface area is 121 Å². The molecular formula is C15H26N2O3. The van der Waals surface area contributed by atoms with Crippen molar-refractivity contribution in [2.75, 3.05) is 19.8 Å². The zero-order chi connectivity index (χ0) is 14.7. The molecule has 1 N–H and O–H groups in total. The second kappa shape index (κ2) is 6.57. The topological polar surface area (TPSA) is 58.6 Å². The summed E-state index contributed by atoms with van der Waals surface area (Å²) in [6.07, 6.45) is 3.16. The maximum atomic E-state index is 12.4. The molecule has 1 saturated carbocycles. The van der Waals surface area contributed by atoms with Crippen LogP contribution in [0.1, 0.15) is 40.0 Å². The van der Waals surface area contributed by atoms with E-state index in [-0.39, 0.29) is 29.8 Å². The van der Waals surface area contributed by atoms with Crippen LogP contribution in [-0.4, -0.2) is 48.6 Å². The van der Waals surface area contributed by atoms with Crippen LogP contribution in [0.4, 0.5) is 0 Å². The molecule has 2 rings (SSSR count). The molecule has 2 aliphatic rings. The Balaban J connectivity index is 1.93. The third-order valence-electron chi connectivity index (χ3n) is 4.07. The van der Waals surface area contributed by atoms with Crippen molar-refractivity contribution in [3.8, 4) is 0 Å². The Morgan fingerprint density at radius 1 is 1.35 bits per heavy atom. The van der Waals surface area contributed by atoms with Crippen LogP contribution >= 0.6 is 0 Å². The number of nitrogens with one attached hydrogen (secondary N) is 1. The third kappa shape index (κ3) is 3.51. The average Bonchev–Trinajstić information content (AvgIpc) is 3.21. The first-order chi connectivity index (χ1) is 9.54. The fourth-order valence-corrected chi connectivity index (χ4v) is 2.68. The molecule has 2 fully saturated rings. The van der Waals surface area contributed by atoms with Crippen LogP contribution < -0.4 is 5.32 Å². The molecule has 2 amide bonds. The summed E-state index contributed by atoms with van der Waals surface area (Å²) in [5.74, 6) is 0.828. The lowest BCUT2D eigenvalue weighted by Gasteiger charge is -2.40. The first kappa shape index (κ1) is 15.3.